The number of unbranched alkanes of at least 4 members (excludes halogenated alkanes) is 7. The Bertz CT molecular complexity index is 399. The number of hydrogen-bond donors (Lipinski definition) is 0. The fraction of sp³-hybridized carbons (Fsp3) is 0.700. The monoisotopic (exact) mass is 320 g/mol. The van der Waals surface area contributed by atoms with Crippen molar-refractivity contribution in [1.82, 2.24) is 0 Å². The predicted octanol–water partition coefficient (Wildman–Crippen LogP) is 5.39. The van der Waals surface area contributed by atoms with Crippen LogP contribution in [-0.4, -0.2) is 19.8 Å². The standard InChI is InChI=1S/C20H32O3/c1-2-3-4-5-6-7-8-12-16-21-20(22-17-13-18-23-20)19-14-10-9-11-15-19/h9-11,14-15H,2-8,12-13,16-18H2,1H3. The van der Waals surface area contributed by atoms with Crippen LogP contribution in [0.3, 0.4) is 0 Å². The van der Waals surface area contributed by atoms with Gasteiger partial charge in [0.15, 0.2) is 0 Å². The van der Waals surface area contributed by atoms with E-state index in [1.807, 2.05) is 30.3 Å². The van der Waals surface area contributed by atoms with E-state index in [9.17, 15) is 0 Å². The van der Waals surface area contributed by atoms with E-state index in [4.69, 9.17) is 14.2 Å². The number of ether oxygens (including phenoxy) is 3. The molecule has 1 fully saturated rings. The van der Waals surface area contributed by atoms with Crippen LogP contribution in [-0.2, 0) is 20.2 Å². The second-order valence-corrected chi connectivity index (χ2v) is 6.30. The third-order valence-corrected chi connectivity index (χ3v) is 4.29. The van der Waals surface area contributed by atoms with Gasteiger partial charge >= 0.3 is 5.97 Å². The summed E-state index contributed by atoms with van der Waals surface area (Å²) in [6.07, 6.45) is 11.3. The Kier molecular flexibility index (Phi) is 8.66. The van der Waals surface area contributed by atoms with E-state index in [1.165, 1.54) is 44.9 Å². The first-order chi connectivity index (χ1) is 11.4. The first-order valence-electron chi connectivity index (χ1n) is 9.35. The fourth-order valence-electron chi connectivity index (χ4n) is 2.93. The Balaban J connectivity index is 1.69. The summed E-state index contributed by atoms with van der Waals surface area (Å²) in [5.74, 6) is -0.985. The van der Waals surface area contributed by atoms with Gasteiger partial charge in [-0.05, 0) is 12.8 Å². The molecule has 0 saturated carbocycles. The van der Waals surface area contributed by atoms with Gasteiger partial charge in [-0.2, -0.15) is 0 Å². The van der Waals surface area contributed by atoms with E-state index in [0.29, 0.717) is 19.8 Å². The molecule has 0 unspecified atom stereocenters. The maximum Gasteiger partial charge on any atom is 0.311 e. The molecule has 1 aliphatic heterocycles. The zero-order valence-electron chi connectivity index (χ0n) is 14.6. The molecule has 23 heavy (non-hydrogen) atoms. The molecule has 3 heteroatoms. The highest BCUT2D eigenvalue weighted by molar-refractivity contribution is 5.18. The largest absolute Gasteiger partial charge is 0.324 e. The molecule has 1 aromatic carbocycles. The molecule has 130 valence electrons. The highest BCUT2D eigenvalue weighted by atomic mass is 16.9. The van der Waals surface area contributed by atoms with Gasteiger partial charge < -0.3 is 14.2 Å². The minimum atomic E-state index is -0.985. The van der Waals surface area contributed by atoms with Crippen LogP contribution in [0.2, 0.25) is 0 Å². The predicted molar refractivity (Wildman–Crippen MR) is 93.2 cm³/mol. The van der Waals surface area contributed by atoms with Gasteiger partial charge in [0.05, 0.1) is 19.8 Å². The number of rotatable bonds is 11. The van der Waals surface area contributed by atoms with Crippen molar-refractivity contribution in [3.8, 4) is 0 Å². The van der Waals surface area contributed by atoms with Gasteiger partial charge in [0, 0.05) is 5.56 Å². The van der Waals surface area contributed by atoms with E-state index in [-0.39, 0.29) is 0 Å². The summed E-state index contributed by atoms with van der Waals surface area (Å²) in [5.41, 5.74) is 0.958. The third kappa shape index (κ3) is 6.25. The summed E-state index contributed by atoms with van der Waals surface area (Å²) in [6, 6.07) is 10.0. The lowest BCUT2D eigenvalue weighted by molar-refractivity contribution is -0.411. The lowest BCUT2D eigenvalue weighted by Gasteiger charge is -2.36. The topological polar surface area (TPSA) is 27.7 Å². The van der Waals surface area contributed by atoms with E-state index in [1.54, 1.807) is 0 Å². The van der Waals surface area contributed by atoms with Crippen molar-refractivity contribution in [3.05, 3.63) is 35.9 Å². The van der Waals surface area contributed by atoms with Gasteiger partial charge in [-0.1, -0.05) is 82.2 Å². The molecule has 1 aliphatic rings. The van der Waals surface area contributed by atoms with Crippen molar-refractivity contribution in [2.24, 2.45) is 0 Å². The van der Waals surface area contributed by atoms with Crippen LogP contribution in [0.5, 0.6) is 0 Å². The Morgan fingerprint density at radius 2 is 1.48 bits per heavy atom. The molecule has 1 aromatic rings. The van der Waals surface area contributed by atoms with Gasteiger partial charge in [-0.25, -0.2) is 0 Å². The van der Waals surface area contributed by atoms with Crippen LogP contribution in [0.1, 0.15) is 70.3 Å². The molecule has 0 N–H and O–H groups in total. The van der Waals surface area contributed by atoms with Crippen LogP contribution >= 0.6 is 0 Å². The first-order valence-corrected chi connectivity index (χ1v) is 9.35. The molecular formula is C20H32O3. The molecule has 0 radical (unpaired) electrons. The smallest absolute Gasteiger partial charge is 0.311 e. The van der Waals surface area contributed by atoms with E-state index >= 15 is 0 Å². The van der Waals surface area contributed by atoms with Gasteiger partial charge in [-0.15, -0.1) is 0 Å². The molecule has 0 amide bonds. The fourth-order valence-corrected chi connectivity index (χ4v) is 2.93. The molecule has 0 aromatic heterocycles. The highest BCUT2D eigenvalue weighted by Crippen LogP contribution is 2.32. The van der Waals surface area contributed by atoms with Crippen molar-refractivity contribution in [2.45, 2.75) is 70.7 Å². The Labute approximate surface area is 141 Å². The zero-order valence-corrected chi connectivity index (χ0v) is 14.6. The van der Waals surface area contributed by atoms with Crippen LogP contribution < -0.4 is 0 Å². The van der Waals surface area contributed by atoms with Crippen LogP contribution in [0.4, 0.5) is 0 Å². The molecule has 0 aliphatic carbocycles. The molecule has 2 rings (SSSR count). The molecule has 0 atom stereocenters. The third-order valence-electron chi connectivity index (χ3n) is 4.29. The summed E-state index contributed by atoms with van der Waals surface area (Å²) in [4.78, 5) is 0. The van der Waals surface area contributed by atoms with Gasteiger partial charge in [-0.3, -0.25) is 0 Å². The van der Waals surface area contributed by atoms with Crippen LogP contribution in [0.25, 0.3) is 0 Å². The van der Waals surface area contributed by atoms with Gasteiger partial charge in [0.25, 0.3) is 0 Å². The Morgan fingerprint density at radius 3 is 2.13 bits per heavy atom. The molecule has 0 spiro atoms. The summed E-state index contributed by atoms with van der Waals surface area (Å²) in [6.45, 7) is 4.32. The van der Waals surface area contributed by atoms with E-state index in [0.717, 1.165) is 18.4 Å². The SMILES string of the molecule is CCCCCCCCCCOC1(c2ccccc2)OCCCO1. The lowest BCUT2D eigenvalue weighted by atomic mass is 10.1. The normalized spacial score (nSPS) is 17.3. The average molecular weight is 320 g/mol. The molecular weight excluding hydrogens is 288 g/mol. The van der Waals surface area contributed by atoms with Crippen molar-refractivity contribution in [3.63, 3.8) is 0 Å². The lowest BCUT2D eigenvalue weighted by Crippen LogP contribution is -2.40. The van der Waals surface area contributed by atoms with Gasteiger partial charge in [0.1, 0.15) is 0 Å². The maximum absolute atomic E-state index is 6.06. The average Bonchev–Trinajstić information content (AvgIpc) is 2.62. The van der Waals surface area contributed by atoms with Crippen molar-refractivity contribution in [1.29, 1.82) is 0 Å². The minimum Gasteiger partial charge on any atom is -0.324 e. The van der Waals surface area contributed by atoms with Crippen molar-refractivity contribution in [2.75, 3.05) is 19.8 Å². The molecule has 3 nitrogen and oxygen atoms in total. The summed E-state index contributed by atoms with van der Waals surface area (Å²) >= 11 is 0. The number of benzene rings is 1. The van der Waals surface area contributed by atoms with Crippen LogP contribution in [0, 0.1) is 0 Å². The second-order valence-electron chi connectivity index (χ2n) is 6.30. The summed E-state index contributed by atoms with van der Waals surface area (Å²) in [7, 11) is 0. The number of hydrogen-bond acceptors (Lipinski definition) is 3. The summed E-state index contributed by atoms with van der Waals surface area (Å²) < 4.78 is 17.8. The van der Waals surface area contributed by atoms with Crippen LogP contribution in [0.15, 0.2) is 30.3 Å². The Morgan fingerprint density at radius 1 is 0.870 bits per heavy atom. The zero-order chi connectivity index (χ0) is 16.2. The molecule has 0 bridgehead atoms. The summed E-state index contributed by atoms with van der Waals surface area (Å²) in [5, 5.41) is 0. The second kappa shape index (κ2) is 10.8. The highest BCUT2D eigenvalue weighted by Gasteiger charge is 2.38. The molecule has 1 heterocycles. The quantitative estimate of drug-likeness (QED) is 0.512. The Hall–Kier alpha value is -0.900. The van der Waals surface area contributed by atoms with Crippen molar-refractivity contribution < 1.29 is 14.2 Å². The minimum absolute atomic E-state index is 0.684. The van der Waals surface area contributed by atoms with Gasteiger partial charge in [0.2, 0.25) is 0 Å². The first kappa shape index (κ1) is 18.4. The molecule has 1 saturated heterocycles. The van der Waals surface area contributed by atoms with Crippen molar-refractivity contribution >= 4 is 0 Å². The maximum atomic E-state index is 6.06. The van der Waals surface area contributed by atoms with E-state index in [2.05, 4.69) is 6.92 Å². The van der Waals surface area contributed by atoms with E-state index < -0.39 is 5.97 Å².